The molecule has 90 valence electrons. The van der Waals surface area contributed by atoms with E-state index in [2.05, 4.69) is 27.4 Å². The Labute approximate surface area is 99.3 Å². The molecule has 0 aliphatic heterocycles. The summed E-state index contributed by atoms with van der Waals surface area (Å²) in [4.78, 5) is 12.6. The molecule has 0 heterocycles. The summed E-state index contributed by atoms with van der Waals surface area (Å²) in [7, 11) is 0. The fourth-order valence-corrected chi connectivity index (χ4v) is 3.54. The second kappa shape index (κ2) is 4.01. The highest BCUT2D eigenvalue weighted by Crippen LogP contribution is 2.47. The normalized spacial score (nSPS) is 39.1. The lowest BCUT2D eigenvalue weighted by atomic mass is 9.68. The standard InChI is InChI=1S/C15H24O/c1-10-7-8-15(3,4)14(16)13-11(2)5-6-12(13)9-10/h11-13H,1,5-9H2,2-4H3/t11-,12-,13-/m0/s1. The summed E-state index contributed by atoms with van der Waals surface area (Å²) >= 11 is 0. The van der Waals surface area contributed by atoms with Crippen LogP contribution in [0.3, 0.4) is 0 Å². The molecule has 0 aromatic heterocycles. The number of hydrogen-bond donors (Lipinski definition) is 0. The fourth-order valence-electron chi connectivity index (χ4n) is 3.54. The predicted molar refractivity (Wildman–Crippen MR) is 67.2 cm³/mol. The Morgan fingerprint density at radius 3 is 2.69 bits per heavy atom. The molecule has 16 heavy (non-hydrogen) atoms. The van der Waals surface area contributed by atoms with Gasteiger partial charge in [0.25, 0.3) is 0 Å². The van der Waals surface area contributed by atoms with Crippen molar-refractivity contribution in [2.75, 3.05) is 0 Å². The summed E-state index contributed by atoms with van der Waals surface area (Å²) in [5.41, 5.74) is 1.23. The SMILES string of the molecule is C=C1CCC(C)(C)C(=O)[C@@H]2[C@@H](CC[C@@H]2C)C1. The Morgan fingerprint density at radius 2 is 2.00 bits per heavy atom. The van der Waals surface area contributed by atoms with Gasteiger partial charge in [0.1, 0.15) is 5.78 Å². The van der Waals surface area contributed by atoms with Crippen LogP contribution in [0.1, 0.15) is 52.9 Å². The molecule has 2 saturated carbocycles. The molecule has 0 aromatic carbocycles. The van der Waals surface area contributed by atoms with Crippen molar-refractivity contribution in [2.45, 2.75) is 52.9 Å². The van der Waals surface area contributed by atoms with Crippen LogP contribution in [0.15, 0.2) is 12.2 Å². The highest BCUT2D eigenvalue weighted by molar-refractivity contribution is 5.87. The maximum atomic E-state index is 12.6. The number of ketones is 1. The van der Waals surface area contributed by atoms with Crippen molar-refractivity contribution >= 4 is 5.78 Å². The molecule has 0 N–H and O–H groups in total. The molecule has 0 unspecified atom stereocenters. The maximum absolute atomic E-state index is 12.6. The molecule has 2 fully saturated rings. The molecular formula is C15H24O. The molecule has 0 amide bonds. The Hall–Kier alpha value is -0.590. The smallest absolute Gasteiger partial charge is 0.142 e. The average molecular weight is 220 g/mol. The highest BCUT2D eigenvalue weighted by Gasteiger charge is 2.44. The van der Waals surface area contributed by atoms with Gasteiger partial charge in [0.05, 0.1) is 0 Å². The van der Waals surface area contributed by atoms with E-state index in [4.69, 9.17) is 0 Å². The molecule has 0 bridgehead atoms. The Bertz CT molecular complexity index is 313. The summed E-state index contributed by atoms with van der Waals surface area (Å²) in [6.45, 7) is 10.7. The van der Waals surface area contributed by atoms with Crippen LogP contribution in [0.2, 0.25) is 0 Å². The van der Waals surface area contributed by atoms with E-state index in [0.717, 1.165) is 19.3 Å². The summed E-state index contributed by atoms with van der Waals surface area (Å²) < 4.78 is 0. The molecule has 2 aliphatic carbocycles. The van der Waals surface area contributed by atoms with Gasteiger partial charge in [0.15, 0.2) is 0 Å². The first-order valence-corrected chi connectivity index (χ1v) is 6.63. The first-order chi connectivity index (χ1) is 7.42. The maximum Gasteiger partial charge on any atom is 0.142 e. The zero-order valence-corrected chi connectivity index (χ0v) is 10.9. The summed E-state index contributed by atoms with van der Waals surface area (Å²) in [5.74, 6) is 2.01. The van der Waals surface area contributed by atoms with E-state index < -0.39 is 0 Å². The molecule has 0 aromatic rings. The number of rotatable bonds is 0. The lowest BCUT2D eigenvalue weighted by Crippen LogP contribution is -2.37. The largest absolute Gasteiger partial charge is 0.299 e. The lowest BCUT2D eigenvalue weighted by molar-refractivity contribution is -0.134. The third-order valence-electron chi connectivity index (χ3n) is 4.74. The molecule has 3 atom stereocenters. The number of allylic oxidation sites excluding steroid dienone is 1. The first-order valence-electron chi connectivity index (χ1n) is 6.63. The number of carbonyl (C=O) groups is 1. The average Bonchev–Trinajstić information content (AvgIpc) is 2.55. The predicted octanol–water partition coefficient (Wildman–Crippen LogP) is 3.98. The van der Waals surface area contributed by atoms with Gasteiger partial charge >= 0.3 is 0 Å². The summed E-state index contributed by atoms with van der Waals surface area (Å²) in [6.07, 6.45) is 5.57. The van der Waals surface area contributed by atoms with Crippen molar-refractivity contribution in [1.29, 1.82) is 0 Å². The minimum Gasteiger partial charge on any atom is -0.299 e. The zero-order valence-electron chi connectivity index (χ0n) is 10.9. The topological polar surface area (TPSA) is 17.1 Å². The van der Waals surface area contributed by atoms with Crippen LogP contribution in [0, 0.1) is 23.2 Å². The van der Waals surface area contributed by atoms with Gasteiger partial charge in [0, 0.05) is 11.3 Å². The molecular weight excluding hydrogens is 196 g/mol. The van der Waals surface area contributed by atoms with Crippen molar-refractivity contribution < 1.29 is 4.79 Å². The monoisotopic (exact) mass is 220 g/mol. The molecule has 1 heteroatoms. The van der Waals surface area contributed by atoms with Crippen molar-refractivity contribution in [3.8, 4) is 0 Å². The van der Waals surface area contributed by atoms with Crippen LogP contribution < -0.4 is 0 Å². The molecule has 2 rings (SSSR count). The minimum absolute atomic E-state index is 0.134. The van der Waals surface area contributed by atoms with E-state index in [1.54, 1.807) is 0 Å². The van der Waals surface area contributed by atoms with Gasteiger partial charge in [-0.3, -0.25) is 4.79 Å². The summed E-state index contributed by atoms with van der Waals surface area (Å²) in [6, 6.07) is 0. The van der Waals surface area contributed by atoms with E-state index in [1.807, 2.05) is 0 Å². The van der Waals surface area contributed by atoms with Crippen LogP contribution in [-0.4, -0.2) is 5.78 Å². The van der Waals surface area contributed by atoms with Crippen molar-refractivity contribution in [3.05, 3.63) is 12.2 Å². The number of Topliss-reactive ketones (excluding diaryl/α,β-unsaturated/α-hetero) is 1. The Morgan fingerprint density at radius 1 is 1.31 bits per heavy atom. The van der Waals surface area contributed by atoms with Gasteiger partial charge < -0.3 is 0 Å². The van der Waals surface area contributed by atoms with Crippen LogP contribution >= 0.6 is 0 Å². The van der Waals surface area contributed by atoms with Gasteiger partial charge in [-0.25, -0.2) is 0 Å². The van der Waals surface area contributed by atoms with E-state index in [1.165, 1.54) is 18.4 Å². The zero-order chi connectivity index (χ0) is 11.9. The fraction of sp³-hybridized carbons (Fsp3) is 0.800. The van der Waals surface area contributed by atoms with Crippen molar-refractivity contribution in [2.24, 2.45) is 23.2 Å². The third-order valence-corrected chi connectivity index (χ3v) is 4.74. The van der Waals surface area contributed by atoms with Crippen LogP contribution in [0.25, 0.3) is 0 Å². The van der Waals surface area contributed by atoms with Gasteiger partial charge in [0.2, 0.25) is 0 Å². The number of carbonyl (C=O) groups excluding carboxylic acids is 1. The van der Waals surface area contributed by atoms with E-state index in [9.17, 15) is 4.79 Å². The van der Waals surface area contributed by atoms with Gasteiger partial charge in [-0.1, -0.05) is 32.9 Å². The van der Waals surface area contributed by atoms with Crippen molar-refractivity contribution in [3.63, 3.8) is 0 Å². The molecule has 1 nitrogen and oxygen atoms in total. The van der Waals surface area contributed by atoms with E-state index in [0.29, 0.717) is 23.5 Å². The highest BCUT2D eigenvalue weighted by atomic mass is 16.1. The van der Waals surface area contributed by atoms with Crippen LogP contribution in [0.4, 0.5) is 0 Å². The molecule has 0 saturated heterocycles. The molecule has 0 spiro atoms. The number of hydrogen-bond acceptors (Lipinski definition) is 1. The van der Waals surface area contributed by atoms with E-state index in [-0.39, 0.29) is 5.41 Å². The van der Waals surface area contributed by atoms with Crippen LogP contribution in [-0.2, 0) is 4.79 Å². The second-order valence-electron chi connectivity index (χ2n) is 6.54. The van der Waals surface area contributed by atoms with Crippen LogP contribution in [0.5, 0.6) is 0 Å². The van der Waals surface area contributed by atoms with Crippen molar-refractivity contribution in [1.82, 2.24) is 0 Å². The minimum atomic E-state index is -0.134. The third kappa shape index (κ3) is 1.97. The lowest BCUT2D eigenvalue weighted by Gasteiger charge is -2.34. The Balaban J connectivity index is 2.29. The quantitative estimate of drug-likeness (QED) is 0.564. The van der Waals surface area contributed by atoms with Gasteiger partial charge in [-0.05, 0) is 43.9 Å². The second-order valence-corrected chi connectivity index (χ2v) is 6.54. The molecule has 2 aliphatic rings. The molecule has 0 radical (unpaired) electrons. The van der Waals surface area contributed by atoms with Gasteiger partial charge in [-0.2, -0.15) is 0 Å². The summed E-state index contributed by atoms with van der Waals surface area (Å²) in [5, 5.41) is 0. The van der Waals surface area contributed by atoms with Gasteiger partial charge in [-0.15, -0.1) is 0 Å². The first kappa shape index (κ1) is 11.9. The Kier molecular flexibility index (Phi) is 2.98. The van der Waals surface area contributed by atoms with E-state index >= 15 is 0 Å². The number of fused-ring (bicyclic) bond motifs is 1.